The van der Waals surface area contributed by atoms with Crippen LogP contribution in [0, 0.1) is 5.41 Å². The Bertz CT molecular complexity index is 138. The van der Waals surface area contributed by atoms with Crippen molar-refractivity contribution in [2.75, 3.05) is 6.61 Å². The van der Waals surface area contributed by atoms with Gasteiger partial charge in [0.25, 0.3) is 0 Å². The number of carbonyl (C=O) groups is 1. The molecular weight excluding hydrogens is 142 g/mol. The third-order valence-corrected chi connectivity index (χ3v) is 1.47. The van der Waals surface area contributed by atoms with Crippen molar-refractivity contribution in [2.24, 2.45) is 11.1 Å². The van der Waals surface area contributed by atoms with E-state index in [0.29, 0.717) is 6.61 Å². The average molecular weight is 159 g/mol. The van der Waals surface area contributed by atoms with Crippen LogP contribution in [0.3, 0.4) is 0 Å². The molecule has 0 aromatic rings. The fourth-order valence-corrected chi connectivity index (χ4v) is 0.586. The van der Waals surface area contributed by atoms with Crippen LogP contribution < -0.4 is 5.73 Å². The summed E-state index contributed by atoms with van der Waals surface area (Å²) in [6.45, 7) is 7.90. The van der Waals surface area contributed by atoms with E-state index in [0.717, 1.165) is 0 Å². The third kappa shape index (κ3) is 3.37. The fourth-order valence-electron chi connectivity index (χ4n) is 0.586. The van der Waals surface area contributed by atoms with Gasteiger partial charge in [0.15, 0.2) is 0 Å². The van der Waals surface area contributed by atoms with Gasteiger partial charge in [-0.15, -0.1) is 0 Å². The van der Waals surface area contributed by atoms with E-state index in [1.165, 1.54) is 0 Å². The highest BCUT2D eigenvalue weighted by Crippen LogP contribution is 2.17. The molecule has 1 atom stereocenters. The number of hydrogen-bond donors (Lipinski definition) is 1. The molecule has 0 radical (unpaired) electrons. The minimum absolute atomic E-state index is 0.216. The molecule has 0 aromatic carbocycles. The molecule has 0 aliphatic rings. The molecule has 3 nitrogen and oxygen atoms in total. The van der Waals surface area contributed by atoms with E-state index in [9.17, 15) is 4.79 Å². The molecule has 0 heterocycles. The summed E-state index contributed by atoms with van der Waals surface area (Å²) in [4.78, 5) is 11.0. The molecule has 1 unspecified atom stereocenters. The van der Waals surface area contributed by atoms with Crippen molar-refractivity contribution in [3.63, 3.8) is 0 Å². The lowest BCUT2D eigenvalue weighted by atomic mass is 9.87. The largest absolute Gasteiger partial charge is 0.465 e. The van der Waals surface area contributed by atoms with E-state index in [4.69, 9.17) is 10.5 Å². The lowest BCUT2D eigenvalue weighted by Crippen LogP contribution is -2.43. The van der Waals surface area contributed by atoms with Gasteiger partial charge in [-0.05, 0) is 12.3 Å². The molecule has 0 saturated heterocycles. The van der Waals surface area contributed by atoms with E-state index in [-0.39, 0.29) is 11.4 Å². The minimum atomic E-state index is -0.526. The van der Waals surface area contributed by atoms with Gasteiger partial charge >= 0.3 is 5.97 Å². The summed E-state index contributed by atoms with van der Waals surface area (Å²) in [6.07, 6.45) is 0. The summed E-state index contributed by atoms with van der Waals surface area (Å²) < 4.78 is 4.77. The van der Waals surface area contributed by atoms with E-state index in [1.54, 1.807) is 6.92 Å². The molecule has 0 amide bonds. The van der Waals surface area contributed by atoms with Crippen molar-refractivity contribution in [3.05, 3.63) is 0 Å². The summed E-state index contributed by atoms with van der Waals surface area (Å²) in [5.74, 6) is -0.319. The lowest BCUT2D eigenvalue weighted by molar-refractivity contribution is -0.147. The highest BCUT2D eigenvalue weighted by molar-refractivity contribution is 5.76. The Morgan fingerprint density at radius 2 is 2.00 bits per heavy atom. The van der Waals surface area contributed by atoms with Gasteiger partial charge in [-0.25, -0.2) is 0 Å². The Kier molecular flexibility index (Phi) is 3.52. The van der Waals surface area contributed by atoms with Crippen LogP contribution in [0.4, 0.5) is 0 Å². The van der Waals surface area contributed by atoms with Crippen molar-refractivity contribution >= 4 is 5.97 Å². The van der Waals surface area contributed by atoms with E-state index < -0.39 is 6.04 Å². The van der Waals surface area contributed by atoms with Crippen LogP contribution in [0.1, 0.15) is 27.7 Å². The van der Waals surface area contributed by atoms with E-state index in [1.807, 2.05) is 20.8 Å². The summed E-state index contributed by atoms with van der Waals surface area (Å²) in [6, 6.07) is -0.526. The molecule has 0 rings (SSSR count). The zero-order chi connectivity index (χ0) is 9.07. The predicted molar refractivity (Wildman–Crippen MR) is 44.1 cm³/mol. The first kappa shape index (κ1) is 10.4. The maximum absolute atomic E-state index is 11.0. The molecule has 0 spiro atoms. The molecule has 0 aromatic heterocycles. The van der Waals surface area contributed by atoms with Crippen molar-refractivity contribution in [3.8, 4) is 0 Å². The Balaban J connectivity index is 4.03. The number of rotatable bonds is 2. The van der Waals surface area contributed by atoms with Crippen LogP contribution in [0.5, 0.6) is 0 Å². The maximum atomic E-state index is 11.0. The number of hydrogen-bond acceptors (Lipinski definition) is 3. The van der Waals surface area contributed by atoms with Crippen molar-refractivity contribution in [1.29, 1.82) is 0 Å². The smallest absolute Gasteiger partial charge is 0.323 e. The molecule has 11 heavy (non-hydrogen) atoms. The van der Waals surface area contributed by atoms with Crippen LogP contribution in [0.15, 0.2) is 0 Å². The Morgan fingerprint density at radius 1 is 1.55 bits per heavy atom. The normalized spacial score (nSPS) is 14.3. The van der Waals surface area contributed by atoms with Crippen LogP contribution in [-0.4, -0.2) is 18.6 Å². The Labute approximate surface area is 67.9 Å². The number of carbonyl (C=O) groups excluding carboxylic acids is 1. The minimum Gasteiger partial charge on any atom is -0.465 e. The van der Waals surface area contributed by atoms with Gasteiger partial charge in [-0.2, -0.15) is 0 Å². The number of esters is 1. The van der Waals surface area contributed by atoms with Crippen LogP contribution in [0.2, 0.25) is 0 Å². The summed E-state index contributed by atoms with van der Waals surface area (Å²) in [5, 5.41) is 0. The Morgan fingerprint density at radius 3 is 2.27 bits per heavy atom. The van der Waals surface area contributed by atoms with Gasteiger partial charge in [0.1, 0.15) is 6.04 Å². The highest BCUT2D eigenvalue weighted by Gasteiger charge is 2.28. The molecule has 0 aliphatic heterocycles. The molecule has 0 fully saturated rings. The van der Waals surface area contributed by atoms with Crippen LogP contribution >= 0.6 is 0 Å². The molecule has 66 valence electrons. The topological polar surface area (TPSA) is 52.3 Å². The molecule has 3 heteroatoms. The first-order chi connectivity index (χ1) is 4.89. The van der Waals surface area contributed by atoms with Gasteiger partial charge < -0.3 is 10.5 Å². The summed E-state index contributed by atoms with van der Waals surface area (Å²) >= 11 is 0. The van der Waals surface area contributed by atoms with Gasteiger partial charge in [-0.3, -0.25) is 4.79 Å². The fraction of sp³-hybridized carbons (Fsp3) is 0.875. The highest BCUT2D eigenvalue weighted by atomic mass is 16.5. The van der Waals surface area contributed by atoms with Crippen molar-refractivity contribution in [2.45, 2.75) is 33.7 Å². The van der Waals surface area contributed by atoms with Crippen LogP contribution in [-0.2, 0) is 9.53 Å². The molecule has 2 N–H and O–H groups in total. The second-order valence-corrected chi connectivity index (χ2v) is 3.60. The molecule has 0 saturated carbocycles. The van der Waals surface area contributed by atoms with Crippen molar-refractivity contribution < 1.29 is 9.53 Å². The van der Waals surface area contributed by atoms with Gasteiger partial charge in [0.05, 0.1) is 6.61 Å². The SMILES string of the molecule is CCOC(=O)C(N)C(C)(C)C. The standard InChI is InChI=1S/C8H17NO2/c1-5-11-7(10)6(9)8(2,3)4/h6H,5,9H2,1-4H3. The summed E-state index contributed by atoms with van der Waals surface area (Å²) in [5.41, 5.74) is 5.39. The second kappa shape index (κ2) is 3.72. The molecule has 0 bridgehead atoms. The number of ether oxygens (including phenoxy) is 1. The zero-order valence-electron chi connectivity index (χ0n) is 7.68. The zero-order valence-corrected chi connectivity index (χ0v) is 7.68. The summed E-state index contributed by atoms with van der Waals surface area (Å²) in [7, 11) is 0. The predicted octanol–water partition coefficient (Wildman–Crippen LogP) is 0.923. The van der Waals surface area contributed by atoms with Crippen molar-refractivity contribution in [1.82, 2.24) is 0 Å². The maximum Gasteiger partial charge on any atom is 0.323 e. The number of nitrogens with two attached hydrogens (primary N) is 1. The molecular formula is C8H17NO2. The average Bonchev–Trinajstić information content (AvgIpc) is 1.85. The third-order valence-electron chi connectivity index (χ3n) is 1.47. The van der Waals surface area contributed by atoms with Gasteiger partial charge in [0.2, 0.25) is 0 Å². The van der Waals surface area contributed by atoms with Gasteiger partial charge in [0, 0.05) is 0 Å². The van der Waals surface area contributed by atoms with Crippen LogP contribution in [0.25, 0.3) is 0 Å². The van der Waals surface area contributed by atoms with Gasteiger partial charge in [-0.1, -0.05) is 20.8 Å². The molecule has 0 aliphatic carbocycles. The lowest BCUT2D eigenvalue weighted by Gasteiger charge is -2.24. The van der Waals surface area contributed by atoms with E-state index in [2.05, 4.69) is 0 Å². The second-order valence-electron chi connectivity index (χ2n) is 3.60. The first-order valence-electron chi connectivity index (χ1n) is 3.81. The monoisotopic (exact) mass is 159 g/mol. The first-order valence-corrected chi connectivity index (χ1v) is 3.81. The quantitative estimate of drug-likeness (QED) is 0.610. The van der Waals surface area contributed by atoms with E-state index >= 15 is 0 Å². The Hall–Kier alpha value is -0.570.